The highest BCUT2D eigenvalue weighted by Crippen LogP contribution is 2.33. The van der Waals surface area contributed by atoms with Gasteiger partial charge in [0.15, 0.2) is 0 Å². The van der Waals surface area contributed by atoms with Crippen LogP contribution in [0.15, 0.2) is 54.7 Å². The van der Waals surface area contributed by atoms with Gasteiger partial charge in [-0.3, -0.25) is 24.4 Å². The minimum absolute atomic E-state index is 0.0310. The van der Waals surface area contributed by atoms with E-state index in [9.17, 15) is 14.4 Å². The van der Waals surface area contributed by atoms with Crippen molar-refractivity contribution in [1.82, 2.24) is 25.0 Å². The number of aromatic nitrogens is 1. The van der Waals surface area contributed by atoms with Gasteiger partial charge in [0.25, 0.3) is 11.8 Å². The molecule has 1 aromatic carbocycles. The van der Waals surface area contributed by atoms with E-state index in [0.29, 0.717) is 44.6 Å². The molecule has 0 radical (unpaired) electrons. The third-order valence-corrected chi connectivity index (χ3v) is 7.08. The van der Waals surface area contributed by atoms with Crippen LogP contribution in [0.5, 0.6) is 0 Å². The molecule has 3 fully saturated rings. The Morgan fingerprint density at radius 3 is 2.52 bits per heavy atom. The van der Waals surface area contributed by atoms with Crippen molar-refractivity contribution in [2.45, 2.75) is 43.8 Å². The lowest BCUT2D eigenvalue weighted by Crippen LogP contribution is -2.56. The van der Waals surface area contributed by atoms with E-state index < -0.39 is 5.54 Å². The fourth-order valence-corrected chi connectivity index (χ4v) is 5.27. The Bertz CT molecular complexity index is 1020. The maximum absolute atomic E-state index is 13.5. The van der Waals surface area contributed by atoms with Crippen LogP contribution < -0.4 is 5.32 Å². The molecule has 1 aromatic heterocycles. The van der Waals surface area contributed by atoms with E-state index in [4.69, 9.17) is 0 Å². The SMILES string of the molecule is O=C(c1ccccc1)N1CCC2(CC1)NC(=O)N([C@@H]1CCCN(Cc3ccccn3)C1)C2=O. The van der Waals surface area contributed by atoms with Crippen LogP contribution in [0.4, 0.5) is 4.79 Å². The van der Waals surface area contributed by atoms with Gasteiger partial charge in [-0.1, -0.05) is 24.3 Å². The van der Waals surface area contributed by atoms with Gasteiger partial charge in [-0.15, -0.1) is 0 Å². The maximum atomic E-state index is 13.5. The van der Waals surface area contributed by atoms with Gasteiger partial charge in [-0.25, -0.2) is 4.79 Å². The fourth-order valence-electron chi connectivity index (χ4n) is 5.27. The molecule has 0 saturated carbocycles. The van der Waals surface area contributed by atoms with Crippen molar-refractivity contribution in [3.8, 4) is 0 Å². The number of piperidine rings is 2. The molecule has 1 spiro atoms. The third kappa shape index (κ3) is 4.23. The van der Waals surface area contributed by atoms with Gasteiger partial charge in [-0.05, 0) is 56.5 Å². The normalized spacial score (nSPS) is 23.1. The summed E-state index contributed by atoms with van der Waals surface area (Å²) >= 11 is 0. The number of nitrogens with zero attached hydrogens (tertiary/aromatic N) is 4. The van der Waals surface area contributed by atoms with E-state index in [2.05, 4.69) is 15.2 Å². The summed E-state index contributed by atoms with van der Waals surface area (Å²) in [6, 6.07) is 14.6. The number of hydrogen-bond donors (Lipinski definition) is 1. The largest absolute Gasteiger partial charge is 0.338 e. The smallest absolute Gasteiger partial charge is 0.325 e. The van der Waals surface area contributed by atoms with Crippen molar-refractivity contribution < 1.29 is 14.4 Å². The Labute approximate surface area is 193 Å². The van der Waals surface area contributed by atoms with Crippen molar-refractivity contribution in [2.24, 2.45) is 0 Å². The highest BCUT2D eigenvalue weighted by Gasteiger charge is 2.54. The van der Waals surface area contributed by atoms with E-state index >= 15 is 0 Å². The van der Waals surface area contributed by atoms with Crippen molar-refractivity contribution in [1.29, 1.82) is 0 Å². The molecule has 5 rings (SSSR count). The molecule has 0 unspecified atom stereocenters. The van der Waals surface area contributed by atoms with Crippen LogP contribution in [-0.2, 0) is 11.3 Å². The summed E-state index contributed by atoms with van der Waals surface area (Å²) in [6.45, 7) is 3.19. The predicted molar refractivity (Wildman–Crippen MR) is 122 cm³/mol. The summed E-state index contributed by atoms with van der Waals surface area (Å²) in [5, 5.41) is 3.00. The summed E-state index contributed by atoms with van der Waals surface area (Å²) in [4.78, 5) is 49.1. The number of carbonyl (C=O) groups is 3. The molecule has 8 heteroatoms. The van der Waals surface area contributed by atoms with Gasteiger partial charge in [0.1, 0.15) is 5.54 Å². The van der Waals surface area contributed by atoms with Gasteiger partial charge < -0.3 is 10.2 Å². The average Bonchev–Trinajstić information content (AvgIpc) is 3.09. The van der Waals surface area contributed by atoms with Crippen LogP contribution >= 0.6 is 0 Å². The third-order valence-electron chi connectivity index (χ3n) is 7.08. The zero-order chi connectivity index (χ0) is 22.8. The number of pyridine rings is 1. The fraction of sp³-hybridized carbons (Fsp3) is 0.440. The molecule has 4 amide bonds. The molecule has 3 aliphatic heterocycles. The second-order valence-electron chi connectivity index (χ2n) is 9.20. The van der Waals surface area contributed by atoms with E-state index in [1.165, 1.54) is 4.90 Å². The molecule has 0 bridgehead atoms. The second kappa shape index (κ2) is 8.94. The molecular formula is C25H29N5O3. The van der Waals surface area contributed by atoms with Crippen LogP contribution in [0.25, 0.3) is 0 Å². The quantitative estimate of drug-likeness (QED) is 0.727. The first-order valence-corrected chi connectivity index (χ1v) is 11.7. The van der Waals surface area contributed by atoms with Crippen LogP contribution in [0.2, 0.25) is 0 Å². The van der Waals surface area contributed by atoms with Crippen molar-refractivity contribution >= 4 is 17.8 Å². The summed E-state index contributed by atoms with van der Waals surface area (Å²) < 4.78 is 0. The first-order valence-electron chi connectivity index (χ1n) is 11.7. The lowest BCUT2D eigenvalue weighted by atomic mass is 9.86. The number of urea groups is 1. The van der Waals surface area contributed by atoms with Crippen molar-refractivity contribution in [2.75, 3.05) is 26.2 Å². The number of hydrogen-bond acceptors (Lipinski definition) is 5. The van der Waals surface area contributed by atoms with Gasteiger partial charge in [0.2, 0.25) is 0 Å². The number of amides is 4. The molecule has 4 heterocycles. The second-order valence-corrected chi connectivity index (χ2v) is 9.20. The molecule has 3 saturated heterocycles. The van der Waals surface area contributed by atoms with E-state index in [1.807, 2.05) is 36.4 Å². The number of likely N-dealkylation sites (tertiary alicyclic amines) is 2. The summed E-state index contributed by atoms with van der Waals surface area (Å²) in [5.41, 5.74) is 0.739. The average molecular weight is 448 g/mol. The highest BCUT2D eigenvalue weighted by atomic mass is 16.2. The first kappa shape index (κ1) is 21.6. The van der Waals surface area contributed by atoms with E-state index in [0.717, 1.165) is 25.1 Å². The molecule has 172 valence electrons. The highest BCUT2D eigenvalue weighted by molar-refractivity contribution is 6.07. The summed E-state index contributed by atoms with van der Waals surface area (Å²) in [6.07, 6.45) is 4.41. The minimum Gasteiger partial charge on any atom is -0.338 e. The van der Waals surface area contributed by atoms with Gasteiger partial charge in [0.05, 0.1) is 11.7 Å². The molecule has 0 aliphatic carbocycles. The topological polar surface area (TPSA) is 85.8 Å². The van der Waals surface area contributed by atoms with Gasteiger partial charge in [0, 0.05) is 37.9 Å². The van der Waals surface area contributed by atoms with Crippen molar-refractivity contribution in [3.63, 3.8) is 0 Å². The number of imide groups is 1. The van der Waals surface area contributed by atoms with E-state index in [1.54, 1.807) is 23.2 Å². The Balaban J connectivity index is 1.23. The molecule has 1 atom stereocenters. The predicted octanol–water partition coefficient (Wildman–Crippen LogP) is 2.27. The van der Waals surface area contributed by atoms with Gasteiger partial charge >= 0.3 is 6.03 Å². The molecule has 1 N–H and O–H groups in total. The van der Waals surface area contributed by atoms with Crippen LogP contribution in [0.3, 0.4) is 0 Å². The Morgan fingerprint density at radius 2 is 1.79 bits per heavy atom. The molecule has 2 aromatic rings. The monoisotopic (exact) mass is 447 g/mol. The Morgan fingerprint density at radius 1 is 1.03 bits per heavy atom. The number of benzene rings is 1. The minimum atomic E-state index is -0.895. The Hall–Kier alpha value is -3.26. The lowest BCUT2D eigenvalue weighted by Gasteiger charge is -2.39. The van der Waals surface area contributed by atoms with Crippen molar-refractivity contribution in [3.05, 3.63) is 66.0 Å². The Kier molecular flexibility index (Phi) is 5.85. The van der Waals surface area contributed by atoms with E-state index in [-0.39, 0.29) is 23.9 Å². The molecule has 8 nitrogen and oxygen atoms in total. The molecular weight excluding hydrogens is 418 g/mol. The maximum Gasteiger partial charge on any atom is 0.325 e. The molecule has 33 heavy (non-hydrogen) atoms. The summed E-state index contributed by atoms with van der Waals surface area (Å²) in [7, 11) is 0. The zero-order valence-electron chi connectivity index (χ0n) is 18.7. The van der Waals surface area contributed by atoms with Crippen LogP contribution in [0, 0.1) is 0 Å². The summed E-state index contributed by atoms with van der Waals surface area (Å²) in [5.74, 6) is -0.166. The lowest BCUT2D eigenvalue weighted by molar-refractivity contribution is -0.135. The van der Waals surface area contributed by atoms with Crippen LogP contribution in [0.1, 0.15) is 41.7 Å². The standard InChI is InChI=1S/C25H29N5O3/c31-22(19-7-2-1-3-8-19)29-15-11-25(12-16-29)23(32)30(24(33)27-25)21-10-6-14-28(18-21)17-20-9-4-5-13-26-20/h1-5,7-9,13,21H,6,10-12,14-18H2,(H,27,33)/t21-/m1/s1. The van der Waals surface area contributed by atoms with Crippen LogP contribution in [-0.4, -0.2) is 75.3 Å². The number of carbonyl (C=O) groups excluding carboxylic acids is 3. The number of nitrogens with one attached hydrogen (secondary N) is 1. The molecule has 3 aliphatic rings. The van der Waals surface area contributed by atoms with Gasteiger partial charge in [-0.2, -0.15) is 0 Å². The zero-order valence-corrected chi connectivity index (χ0v) is 18.7. The first-order chi connectivity index (χ1) is 16.1. The number of rotatable bonds is 4.